The molecule has 0 bridgehead atoms. The van der Waals surface area contributed by atoms with Crippen LogP contribution >= 0.6 is 23.2 Å². The molecular formula is C13H14Cl2O5S. The van der Waals surface area contributed by atoms with Crippen LogP contribution in [-0.4, -0.2) is 32.5 Å². The smallest absolute Gasteiger partial charge is 0.306 e. The molecule has 0 aliphatic carbocycles. The summed E-state index contributed by atoms with van der Waals surface area (Å²) in [6.07, 6.45) is -0.346. The van der Waals surface area contributed by atoms with E-state index in [0.717, 1.165) is 0 Å². The number of ketones is 1. The van der Waals surface area contributed by atoms with Crippen LogP contribution in [0.3, 0.4) is 0 Å². The van der Waals surface area contributed by atoms with E-state index in [0.29, 0.717) is 0 Å². The summed E-state index contributed by atoms with van der Waals surface area (Å²) < 4.78 is 28.9. The van der Waals surface area contributed by atoms with Gasteiger partial charge in [0.2, 0.25) is 0 Å². The summed E-state index contributed by atoms with van der Waals surface area (Å²) in [6.45, 7) is 1.86. The van der Waals surface area contributed by atoms with Crippen molar-refractivity contribution in [2.24, 2.45) is 0 Å². The third-order valence-electron chi connectivity index (χ3n) is 2.49. The second-order valence-corrected chi connectivity index (χ2v) is 6.98. The number of carbonyl (C=O) groups is 2. The SMILES string of the molecule is CCOC(=O)CCC(=O)CS(=O)(=O)c1cc(Cl)ccc1Cl. The molecule has 1 aromatic rings. The van der Waals surface area contributed by atoms with E-state index in [9.17, 15) is 18.0 Å². The van der Waals surface area contributed by atoms with E-state index in [1.807, 2.05) is 0 Å². The zero-order valence-corrected chi connectivity index (χ0v) is 13.6. The molecule has 0 saturated heterocycles. The van der Waals surface area contributed by atoms with Crippen LogP contribution < -0.4 is 0 Å². The monoisotopic (exact) mass is 352 g/mol. The Balaban J connectivity index is 2.74. The van der Waals surface area contributed by atoms with Crippen molar-refractivity contribution in [2.45, 2.75) is 24.7 Å². The molecule has 0 aromatic heterocycles. The Hall–Kier alpha value is -1.11. The fourth-order valence-corrected chi connectivity index (χ4v) is 3.65. The number of hydrogen-bond donors (Lipinski definition) is 0. The first kappa shape index (κ1) is 17.9. The summed E-state index contributed by atoms with van der Waals surface area (Å²) in [5.74, 6) is -1.85. The maximum absolute atomic E-state index is 12.1. The zero-order valence-electron chi connectivity index (χ0n) is 11.3. The van der Waals surface area contributed by atoms with Gasteiger partial charge in [0.15, 0.2) is 9.84 Å². The van der Waals surface area contributed by atoms with E-state index in [4.69, 9.17) is 23.2 Å². The summed E-state index contributed by atoms with van der Waals surface area (Å²) >= 11 is 11.5. The molecule has 0 N–H and O–H groups in total. The lowest BCUT2D eigenvalue weighted by Crippen LogP contribution is -2.18. The first-order valence-electron chi connectivity index (χ1n) is 6.11. The van der Waals surface area contributed by atoms with Gasteiger partial charge in [-0.3, -0.25) is 9.59 Å². The van der Waals surface area contributed by atoms with Crippen LogP contribution in [-0.2, 0) is 24.2 Å². The number of esters is 1. The summed E-state index contributed by atoms with van der Waals surface area (Å²) in [5.41, 5.74) is 0. The van der Waals surface area contributed by atoms with Crippen LogP contribution in [0.2, 0.25) is 10.0 Å². The molecule has 0 aliphatic rings. The quantitative estimate of drug-likeness (QED) is 0.705. The summed E-state index contributed by atoms with van der Waals surface area (Å²) in [6, 6.07) is 3.99. The van der Waals surface area contributed by atoms with Crippen molar-refractivity contribution in [3.05, 3.63) is 28.2 Å². The molecule has 0 fully saturated rings. The highest BCUT2D eigenvalue weighted by Crippen LogP contribution is 2.26. The van der Waals surface area contributed by atoms with Crippen molar-refractivity contribution in [1.29, 1.82) is 0 Å². The van der Waals surface area contributed by atoms with E-state index in [1.165, 1.54) is 18.2 Å². The summed E-state index contributed by atoms with van der Waals surface area (Å²) in [7, 11) is -3.89. The minimum absolute atomic E-state index is 0.00223. The van der Waals surface area contributed by atoms with Crippen molar-refractivity contribution < 1.29 is 22.7 Å². The molecular weight excluding hydrogens is 339 g/mol. The number of hydrogen-bond acceptors (Lipinski definition) is 5. The van der Waals surface area contributed by atoms with E-state index in [-0.39, 0.29) is 34.4 Å². The second kappa shape index (κ2) is 7.77. The van der Waals surface area contributed by atoms with Gasteiger partial charge in [0.1, 0.15) is 11.5 Å². The third-order valence-corrected chi connectivity index (χ3v) is 4.88. The number of rotatable bonds is 7. The van der Waals surface area contributed by atoms with Crippen LogP contribution in [0.4, 0.5) is 0 Å². The van der Waals surface area contributed by atoms with Gasteiger partial charge >= 0.3 is 5.97 Å². The molecule has 0 saturated carbocycles. The molecule has 1 rings (SSSR count). The van der Waals surface area contributed by atoms with Gasteiger partial charge in [-0.05, 0) is 25.1 Å². The summed E-state index contributed by atoms with van der Waals surface area (Å²) in [5, 5.41) is 0.203. The Morgan fingerprint density at radius 2 is 1.86 bits per heavy atom. The fraction of sp³-hybridized carbons (Fsp3) is 0.385. The largest absolute Gasteiger partial charge is 0.466 e. The van der Waals surface area contributed by atoms with Crippen molar-refractivity contribution >= 4 is 44.8 Å². The third kappa shape index (κ3) is 5.65. The van der Waals surface area contributed by atoms with Gasteiger partial charge < -0.3 is 4.74 Å². The average molecular weight is 353 g/mol. The minimum Gasteiger partial charge on any atom is -0.466 e. The van der Waals surface area contributed by atoms with Gasteiger partial charge in [-0.25, -0.2) is 8.42 Å². The Morgan fingerprint density at radius 1 is 1.19 bits per heavy atom. The van der Waals surface area contributed by atoms with E-state index < -0.39 is 27.3 Å². The molecule has 0 atom stereocenters. The van der Waals surface area contributed by atoms with Crippen LogP contribution in [0.15, 0.2) is 23.1 Å². The number of benzene rings is 1. The van der Waals surface area contributed by atoms with Gasteiger partial charge in [0.25, 0.3) is 0 Å². The predicted octanol–water partition coefficient (Wildman–Crippen LogP) is 2.68. The molecule has 0 radical (unpaired) electrons. The highest BCUT2D eigenvalue weighted by Gasteiger charge is 2.22. The highest BCUT2D eigenvalue weighted by atomic mass is 35.5. The standard InChI is InChI=1S/C13H14Cl2O5S/c1-2-20-13(17)6-4-10(16)8-21(18,19)12-7-9(14)3-5-11(12)15/h3,5,7H,2,4,6,8H2,1H3. The molecule has 116 valence electrons. The molecule has 5 nitrogen and oxygen atoms in total. The van der Waals surface area contributed by atoms with Crippen LogP contribution in [0, 0.1) is 0 Å². The van der Waals surface area contributed by atoms with Gasteiger partial charge in [0.05, 0.1) is 22.9 Å². The van der Waals surface area contributed by atoms with Crippen molar-refractivity contribution in [3.8, 4) is 0 Å². The molecule has 21 heavy (non-hydrogen) atoms. The zero-order chi connectivity index (χ0) is 16.0. The normalized spacial score (nSPS) is 11.2. The van der Waals surface area contributed by atoms with Gasteiger partial charge in [0, 0.05) is 11.4 Å². The number of halogens is 2. The predicted molar refractivity (Wildman–Crippen MR) is 79.4 cm³/mol. The molecule has 0 aliphatic heterocycles. The lowest BCUT2D eigenvalue weighted by Gasteiger charge is -2.06. The Morgan fingerprint density at radius 3 is 2.48 bits per heavy atom. The van der Waals surface area contributed by atoms with Crippen molar-refractivity contribution in [1.82, 2.24) is 0 Å². The van der Waals surface area contributed by atoms with Crippen molar-refractivity contribution in [2.75, 3.05) is 12.4 Å². The maximum atomic E-state index is 12.1. The highest BCUT2D eigenvalue weighted by molar-refractivity contribution is 7.92. The number of Topliss-reactive ketones (excluding diaryl/α,β-unsaturated/α-hetero) is 1. The average Bonchev–Trinajstić information content (AvgIpc) is 2.39. The molecule has 8 heteroatoms. The van der Waals surface area contributed by atoms with Crippen LogP contribution in [0.5, 0.6) is 0 Å². The fourth-order valence-electron chi connectivity index (χ4n) is 1.55. The number of sulfone groups is 1. The van der Waals surface area contributed by atoms with Crippen LogP contribution in [0.25, 0.3) is 0 Å². The van der Waals surface area contributed by atoms with E-state index in [2.05, 4.69) is 4.74 Å². The Kier molecular flexibility index (Phi) is 6.64. The second-order valence-electron chi connectivity index (χ2n) is 4.18. The Bertz CT molecular complexity index is 640. The lowest BCUT2D eigenvalue weighted by atomic mass is 10.2. The lowest BCUT2D eigenvalue weighted by molar-refractivity contribution is -0.144. The minimum atomic E-state index is -3.89. The number of carbonyl (C=O) groups excluding carboxylic acids is 2. The van der Waals surface area contributed by atoms with Gasteiger partial charge in [-0.15, -0.1) is 0 Å². The number of ether oxygens (including phenoxy) is 1. The van der Waals surface area contributed by atoms with E-state index >= 15 is 0 Å². The maximum Gasteiger partial charge on any atom is 0.306 e. The Labute approximate surface area is 133 Å². The molecule has 0 unspecified atom stereocenters. The molecule has 0 amide bonds. The molecule has 0 spiro atoms. The molecule has 0 heterocycles. The first-order valence-corrected chi connectivity index (χ1v) is 8.52. The van der Waals surface area contributed by atoms with Gasteiger partial charge in [-0.1, -0.05) is 23.2 Å². The topological polar surface area (TPSA) is 77.5 Å². The first-order chi connectivity index (χ1) is 9.76. The van der Waals surface area contributed by atoms with Crippen molar-refractivity contribution in [3.63, 3.8) is 0 Å². The van der Waals surface area contributed by atoms with Gasteiger partial charge in [-0.2, -0.15) is 0 Å². The van der Waals surface area contributed by atoms with Crippen LogP contribution in [0.1, 0.15) is 19.8 Å². The summed E-state index contributed by atoms with van der Waals surface area (Å²) in [4.78, 5) is 22.6. The van der Waals surface area contributed by atoms with E-state index in [1.54, 1.807) is 6.92 Å². The molecule has 1 aromatic carbocycles.